The predicted molar refractivity (Wildman–Crippen MR) is 155 cm³/mol. The third-order valence-corrected chi connectivity index (χ3v) is 7.55. The van der Waals surface area contributed by atoms with Crippen LogP contribution >= 0.6 is 0 Å². The second-order valence-corrected chi connectivity index (χ2v) is 10.1. The first-order chi connectivity index (χ1) is 18.6. The van der Waals surface area contributed by atoms with E-state index in [1.165, 1.54) is 11.1 Å². The van der Waals surface area contributed by atoms with Crippen LogP contribution in [0.2, 0.25) is 0 Å². The Kier molecular flexibility index (Phi) is 5.33. The zero-order valence-corrected chi connectivity index (χ0v) is 21.4. The normalized spacial score (nSPS) is 14.6. The van der Waals surface area contributed by atoms with Crippen LogP contribution in [0.15, 0.2) is 97.3 Å². The highest BCUT2D eigenvalue weighted by atomic mass is 14.8. The fourth-order valence-electron chi connectivity index (χ4n) is 5.44. The second kappa shape index (κ2) is 9.00. The zero-order chi connectivity index (χ0) is 25.6. The smallest absolute Gasteiger partial charge is 0.0972 e. The Morgan fingerprint density at radius 1 is 0.684 bits per heavy atom. The number of hydrogen-bond acceptors (Lipinski definition) is 4. The standard InChI is InChI=1S/C34H26N4/c1-21-5-3-17-35-31(21)32-22(2)7-15-29(37-32)26-12-8-23-9-13-27(20-28(23)19-26)30-16-14-25-11-10-24-6-4-18-36-33(24)34(25)38-30/h3-18,20,26H,19H2,1-2H3. The number of benzene rings is 2. The summed E-state index contributed by atoms with van der Waals surface area (Å²) < 4.78 is 0. The molecule has 0 amide bonds. The third-order valence-electron chi connectivity index (χ3n) is 7.55. The molecular weight excluding hydrogens is 464 g/mol. The molecule has 0 saturated heterocycles. The summed E-state index contributed by atoms with van der Waals surface area (Å²) in [7, 11) is 0. The van der Waals surface area contributed by atoms with Gasteiger partial charge in [-0.15, -0.1) is 0 Å². The van der Waals surface area contributed by atoms with E-state index in [-0.39, 0.29) is 5.92 Å². The molecule has 1 unspecified atom stereocenters. The lowest BCUT2D eigenvalue weighted by Crippen LogP contribution is -2.09. The molecule has 4 nitrogen and oxygen atoms in total. The van der Waals surface area contributed by atoms with Crippen LogP contribution in [-0.2, 0) is 6.42 Å². The maximum absolute atomic E-state index is 5.11. The second-order valence-electron chi connectivity index (χ2n) is 10.1. The molecular formula is C34H26N4. The summed E-state index contributed by atoms with van der Waals surface area (Å²) in [4.78, 5) is 19.4. The summed E-state index contributed by atoms with van der Waals surface area (Å²) in [6.07, 6.45) is 9.08. The van der Waals surface area contributed by atoms with Gasteiger partial charge in [-0.1, -0.05) is 60.7 Å². The van der Waals surface area contributed by atoms with Crippen molar-refractivity contribution in [3.05, 3.63) is 125 Å². The summed E-state index contributed by atoms with van der Waals surface area (Å²) in [5.41, 5.74) is 11.8. The molecule has 7 rings (SSSR count). The maximum Gasteiger partial charge on any atom is 0.0972 e. The highest BCUT2D eigenvalue weighted by molar-refractivity contribution is 6.03. The van der Waals surface area contributed by atoms with E-state index in [1.807, 2.05) is 24.5 Å². The molecule has 1 aliphatic rings. The van der Waals surface area contributed by atoms with Crippen molar-refractivity contribution < 1.29 is 0 Å². The highest BCUT2D eigenvalue weighted by Gasteiger charge is 2.20. The molecule has 1 atom stereocenters. The van der Waals surface area contributed by atoms with Gasteiger partial charge in [0.15, 0.2) is 0 Å². The number of allylic oxidation sites excluding steroid dienone is 1. The van der Waals surface area contributed by atoms with Gasteiger partial charge in [0.2, 0.25) is 0 Å². The lowest BCUT2D eigenvalue weighted by molar-refractivity contribution is 0.793. The van der Waals surface area contributed by atoms with Crippen LogP contribution in [0.1, 0.15) is 33.9 Å². The first-order valence-electron chi connectivity index (χ1n) is 13.0. The fourth-order valence-corrected chi connectivity index (χ4v) is 5.44. The van der Waals surface area contributed by atoms with E-state index in [4.69, 9.17) is 9.97 Å². The Morgan fingerprint density at radius 2 is 1.47 bits per heavy atom. The Morgan fingerprint density at radius 3 is 2.37 bits per heavy atom. The molecule has 4 heteroatoms. The number of pyridine rings is 4. The van der Waals surface area contributed by atoms with Crippen LogP contribution in [0, 0.1) is 13.8 Å². The number of fused-ring (bicyclic) bond motifs is 4. The van der Waals surface area contributed by atoms with Crippen molar-refractivity contribution in [3.8, 4) is 22.6 Å². The average Bonchev–Trinajstić information content (AvgIpc) is 2.97. The van der Waals surface area contributed by atoms with Crippen LogP contribution in [0.4, 0.5) is 0 Å². The van der Waals surface area contributed by atoms with Gasteiger partial charge < -0.3 is 0 Å². The SMILES string of the molecule is Cc1cccnc1-c1nc(C2C=Cc3ccc(-c4ccc5ccc6cccnc6c5n4)cc3C2)ccc1C. The van der Waals surface area contributed by atoms with Crippen LogP contribution in [0.3, 0.4) is 0 Å². The lowest BCUT2D eigenvalue weighted by Gasteiger charge is -2.21. The highest BCUT2D eigenvalue weighted by Crippen LogP contribution is 2.34. The molecule has 2 aromatic carbocycles. The van der Waals surface area contributed by atoms with Crippen molar-refractivity contribution in [1.82, 2.24) is 19.9 Å². The van der Waals surface area contributed by atoms with Crippen molar-refractivity contribution in [3.63, 3.8) is 0 Å². The molecule has 1 aliphatic carbocycles. The van der Waals surface area contributed by atoms with Gasteiger partial charge in [0.05, 0.1) is 28.1 Å². The van der Waals surface area contributed by atoms with E-state index in [0.29, 0.717) is 0 Å². The Hall–Kier alpha value is -4.70. The maximum atomic E-state index is 5.11. The largest absolute Gasteiger partial charge is 0.254 e. The first-order valence-corrected chi connectivity index (χ1v) is 13.0. The molecule has 182 valence electrons. The summed E-state index contributed by atoms with van der Waals surface area (Å²) in [5, 5.41) is 2.21. The monoisotopic (exact) mass is 490 g/mol. The minimum atomic E-state index is 0.207. The Bertz CT molecular complexity index is 1890. The number of rotatable bonds is 3. The lowest BCUT2D eigenvalue weighted by atomic mass is 9.86. The van der Waals surface area contributed by atoms with Crippen molar-refractivity contribution in [1.29, 1.82) is 0 Å². The average molecular weight is 491 g/mol. The number of nitrogens with zero attached hydrogens (tertiary/aromatic N) is 4. The molecule has 0 saturated carbocycles. The molecule has 0 spiro atoms. The van der Waals surface area contributed by atoms with Crippen LogP contribution < -0.4 is 0 Å². The van der Waals surface area contributed by atoms with E-state index >= 15 is 0 Å². The van der Waals surface area contributed by atoms with Gasteiger partial charge in [0.25, 0.3) is 0 Å². The molecule has 38 heavy (non-hydrogen) atoms. The molecule has 6 aromatic rings. The van der Waals surface area contributed by atoms with Crippen molar-refractivity contribution >= 4 is 27.9 Å². The van der Waals surface area contributed by atoms with Gasteiger partial charge in [-0.3, -0.25) is 15.0 Å². The van der Waals surface area contributed by atoms with Gasteiger partial charge in [0, 0.05) is 40.3 Å². The zero-order valence-electron chi connectivity index (χ0n) is 21.4. The molecule has 0 aliphatic heterocycles. The molecule has 0 bridgehead atoms. The van der Waals surface area contributed by atoms with Crippen molar-refractivity contribution in [2.75, 3.05) is 0 Å². The van der Waals surface area contributed by atoms with Crippen LogP contribution in [0.5, 0.6) is 0 Å². The fraction of sp³-hybridized carbons (Fsp3) is 0.118. The molecule has 4 aromatic heterocycles. The minimum absolute atomic E-state index is 0.207. The predicted octanol–water partition coefficient (Wildman–Crippen LogP) is 7.88. The number of aryl methyl sites for hydroxylation is 2. The Labute approximate surface area is 221 Å². The first kappa shape index (κ1) is 22.5. The van der Waals surface area contributed by atoms with Gasteiger partial charge in [-0.2, -0.15) is 0 Å². The van der Waals surface area contributed by atoms with Gasteiger partial charge in [-0.25, -0.2) is 4.98 Å². The van der Waals surface area contributed by atoms with E-state index in [2.05, 4.69) is 103 Å². The summed E-state index contributed by atoms with van der Waals surface area (Å²) >= 11 is 0. The molecule has 0 radical (unpaired) electrons. The van der Waals surface area contributed by atoms with Crippen molar-refractivity contribution in [2.24, 2.45) is 0 Å². The number of aromatic nitrogens is 4. The Balaban J connectivity index is 1.25. The minimum Gasteiger partial charge on any atom is -0.254 e. The van der Waals surface area contributed by atoms with Crippen LogP contribution in [0.25, 0.3) is 50.5 Å². The van der Waals surface area contributed by atoms with E-state index in [0.717, 1.165) is 67.7 Å². The summed E-state index contributed by atoms with van der Waals surface area (Å²) in [6.45, 7) is 4.20. The third kappa shape index (κ3) is 3.86. The molecule has 0 fully saturated rings. The number of hydrogen-bond donors (Lipinski definition) is 0. The van der Waals surface area contributed by atoms with Gasteiger partial charge in [0.1, 0.15) is 0 Å². The van der Waals surface area contributed by atoms with E-state index in [9.17, 15) is 0 Å². The van der Waals surface area contributed by atoms with Crippen LogP contribution in [-0.4, -0.2) is 19.9 Å². The topological polar surface area (TPSA) is 51.6 Å². The van der Waals surface area contributed by atoms with Gasteiger partial charge in [-0.05, 0) is 72.9 Å². The van der Waals surface area contributed by atoms with E-state index in [1.54, 1.807) is 0 Å². The quantitative estimate of drug-likeness (QED) is 0.237. The summed E-state index contributed by atoms with van der Waals surface area (Å²) in [5.74, 6) is 0.207. The molecule has 4 heterocycles. The summed E-state index contributed by atoms with van der Waals surface area (Å²) in [6, 6.07) is 27.6. The van der Waals surface area contributed by atoms with E-state index < -0.39 is 0 Å². The van der Waals surface area contributed by atoms with Crippen molar-refractivity contribution in [2.45, 2.75) is 26.2 Å². The van der Waals surface area contributed by atoms with Gasteiger partial charge >= 0.3 is 0 Å². The molecule has 0 N–H and O–H groups in total.